The van der Waals surface area contributed by atoms with Gasteiger partial charge in [-0.05, 0) is 53.5 Å². The van der Waals surface area contributed by atoms with Crippen LogP contribution in [0, 0.1) is 6.92 Å². The van der Waals surface area contributed by atoms with Crippen molar-refractivity contribution in [3.8, 4) is 0 Å². The molecule has 0 amide bonds. The fraction of sp³-hybridized carbons (Fsp3) is 0.417. The number of halogens is 2. The SMILES string of the molecule is CCn1nc(C)c(Br)c1CC(O)c1ccc(Cl)o1. The lowest BCUT2D eigenvalue weighted by Gasteiger charge is -2.10. The monoisotopic (exact) mass is 332 g/mol. The predicted octanol–water partition coefficient (Wildman–Crippen LogP) is 3.50. The number of aliphatic hydroxyl groups is 1. The van der Waals surface area contributed by atoms with Crippen molar-refractivity contribution in [1.29, 1.82) is 0 Å². The van der Waals surface area contributed by atoms with Crippen molar-refractivity contribution in [2.75, 3.05) is 0 Å². The van der Waals surface area contributed by atoms with Gasteiger partial charge in [0.1, 0.15) is 11.9 Å². The molecule has 1 atom stereocenters. The van der Waals surface area contributed by atoms with Crippen LogP contribution in [-0.2, 0) is 13.0 Å². The van der Waals surface area contributed by atoms with E-state index in [1.807, 2.05) is 18.5 Å². The second-order valence-corrected chi connectivity index (χ2v) is 5.19. The summed E-state index contributed by atoms with van der Waals surface area (Å²) in [6, 6.07) is 3.30. The minimum atomic E-state index is -0.727. The zero-order chi connectivity index (χ0) is 13.3. The fourth-order valence-corrected chi connectivity index (χ4v) is 2.45. The Kier molecular flexibility index (Phi) is 4.14. The number of rotatable bonds is 4. The molecule has 2 heterocycles. The Balaban J connectivity index is 2.23. The first-order valence-corrected chi connectivity index (χ1v) is 6.85. The molecule has 0 aliphatic carbocycles. The summed E-state index contributed by atoms with van der Waals surface area (Å²) in [4.78, 5) is 0. The van der Waals surface area contributed by atoms with Crippen molar-refractivity contribution in [3.05, 3.63) is 39.0 Å². The van der Waals surface area contributed by atoms with Gasteiger partial charge >= 0.3 is 0 Å². The number of aromatic nitrogens is 2. The summed E-state index contributed by atoms with van der Waals surface area (Å²) < 4.78 is 8.01. The normalized spacial score (nSPS) is 12.9. The molecular weight excluding hydrogens is 320 g/mol. The van der Waals surface area contributed by atoms with Crippen LogP contribution in [0.1, 0.15) is 30.2 Å². The molecule has 0 aliphatic rings. The summed E-state index contributed by atoms with van der Waals surface area (Å²) in [5.41, 5.74) is 1.87. The number of furan rings is 1. The highest BCUT2D eigenvalue weighted by Gasteiger charge is 2.19. The lowest BCUT2D eigenvalue weighted by Crippen LogP contribution is -2.08. The van der Waals surface area contributed by atoms with Crippen LogP contribution in [0.15, 0.2) is 21.0 Å². The van der Waals surface area contributed by atoms with Gasteiger partial charge in [-0.15, -0.1) is 0 Å². The van der Waals surface area contributed by atoms with E-state index in [1.54, 1.807) is 12.1 Å². The van der Waals surface area contributed by atoms with E-state index < -0.39 is 6.10 Å². The minimum Gasteiger partial charge on any atom is -0.447 e. The molecule has 2 aromatic heterocycles. The molecule has 0 radical (unpaired) electrons. The van der Waals surface area contributed by atoms with Crippen LogP contribution < -0.4 is 0 Å². The highest BCUT2D eigenvalue weighted by Crippen LogP contribution is 2.28. The van der Waals surface area contributed by atoms with E-state index in [1.165, 1.54) is 0 Å². The summed E-state index contributed by atoms with van der Waals surface area (Å²) in [5, 5.41) is 14.8. The molecule has 1 N–H and O–H groups in total. The van der Waals surface area contributed by atoms with Crippen LogP contribution >= 0.6 is 27.5 Å². The molecule has 0 saturated carbocycles. The molecule has 2 rings (SSSR count). The number of hydrogen-bond acceptors (Lipinski definition) is 3. The smallest absolute Gasteiger partial charge is 0.193 e. The zero-order valence-corrected chi connectivity index (χ0v) is 12.5. The molecular formula is C12H14BrClN2O2. The Bertz CT molecular complexity index is 550. The van der Waals surface area contributed by atoms with E-state index in [0.717, 1.165) is 22.4 Å². The summed E-state index contributed by atoms with van der Waals surface area (Å²) in [6.07, 6.45) is -0.297. The Morgan fingerprint density at radius 1 is 1.56 bits per heavy atom. The maximum Gasteiger partial charge on any atom is 0.193 e. The number of aryl methyl sites for hydroxylation is 2. The van der Waals surface area contributed by atoms with Gasteiger partial charge in [0.2, 0.25) is 0 Å². The van der Waals surface area contributed by atoms with Crippen molar-refractivity contribution in [3.63, 3.8) is 0 Å². The first-order valence-electron chi connectivity index (χ1n) is 5.68. The summed E-state index contributed by atoms with van der Waals surface area (Å²) in [5.74, 6) is 0.466. The molecule has 0 aromatic carbocycles. The third kappa shape index (κ3) is 2.63. The predicted molar refractivity (Wildman–Crippen MR) is 72.7 cm³/mol. The Morgan fingerprint density at radius 3 is 2.83 bits per heavy atom. The molecule has 4 nitrogen and oxygen atoms in total. The number of nitrogens with zero attached hydrogens (tertiary/aromatic N) is 2. The molecule has 18 heavy (non-hydrogen) atoms. The van der Waals surface area contributed by atoms with Crippen molar-refractivity contribution in [2.24, 2.45) is 0 Å². The fourth-order valence-electron chi connectivity index (χ4n) is 1.86. The Labute approximate surface area is 119 Å². The third-order valence-electron chi connectivity index (χ3n) is 2.76. The van der Waals surface area contributed by atoms with Gasteiger partial charge in [0.25, 0.3) is 0 Å². The average Bonchev–Trinajstić information content (AvgIpc) is 2.88. The second kappa shape index (κ2) is 5.47. The van der Waals surface area contributed by atoms with Crippen molar-refractivity contribution < 1.29 is 9.52 Å². The highest BCUT2D eigenvalue weighted by molar-refractivity contribution is 9.10. The molecule has 6 heteroatoms. The van der Waals surface area contributed by atoms with E-state index in [9.17, 15) is 5.11 Å². The van der Waals surface area contributed by atoms with E-state index in [4.69, 9.17) is 16.0 Å². The zero-order valence-electron chi connectivity index (χ0n) is 10.2. The van der Waals surface area contributed by atoms with Gasteiger partial charge in [0.15, 0.2) is 5.22 Å². The average molecular weight is 334 g/mol. The molecule has 0 bridgehead atoms. The van der Waals surface area contributed by atoms with E-state index in [2.05, 4.69) is 21.0 Å². The lowest BCUT2D eigenvalue weighted by molar-refractivity contribution is 0.147. The standard InChI is InChI=1S/C12H14BrClN2O2/c1-3-16-8(12(13)7(2)15-16)6-9(17)10-4-5-11(14)18-10/h4-5,9,17H,3,6H2,1-2H3. The first-order chi connectivity index (χ1) is 8.52. The maximum absolute atomic E-state index is 10.1. The summed E-state index contributed by atoms with van der Waals surface area (Å²) in [6.45, 7) is 4.70. The van der Waals surface area contributed by atoms with E-state index in [0.29, 0.717) is 12.2 Å². The van der Waals surface area contributed by atoms with Crippen LogP contribution in [0.5, 0.6) is 0 Å². The molecule has 98 valence electrons. The topological polar surface area (TPSA) is 51.2 Å². The third-order valence-corrected chi connectivity index (χ3v) is 4.00. The van der Waals surface area contributed by atoms with Crippen LogP contribution in [-0.4, -0.2) is 14.9 Å². The minimum absolute atomic E-state index is 0.281. The van der Waals surface area contributed by atoms with Crippen molar-refractivity contribution in [1.82, 2.24) is 9.78 Å². The summed E-state index contributed by atoms with van der Waals surface area (Å²) in [7, 11) is 0. The molecule has 0 saturated heterocycles. The maximum atomic E-state index is 10.1. The van der Waals surface area contributed by atoms with Gasteiger partial charge in [-0.3, -0.25) is 4.68 Å². The highest BCUT2D eigenvalue weighted by atomic mass is 79.9. The van der Waals surface area contributed by atoms with Crippen molar-refractivity contribution >= 4 is 27.5 Å². The van der Waals surface area contributed by atoms with Gasteiger partial charge in [-0.1, -0.05) is 0 Å². The van der Waals surface area contributed by atoms with E-state index in [-0.39, 0.29) is 5.22 Å². The first kappa shape index (κ1) is 13.6. The molecule has 0 fully saturated rings. The number of hydrogen-bond donors (Lipinski definition) is 1. The Morgan fingerprint density at radius 2 is 2.28 bits per heavy atom. The molecule has 1 unspecified atom stereocenters. The van der Waals surface area contributed by atoms with Crippen LogP contribution in [0.3, 0.4) is 0 Å². The van der Waals surface area contributed by atoms with Gasteiger partial charge in [-0.2, -0.15) is 5.10 Å². The largest absolute Gasteiger partial charge is 0.447 e. The van der Waals surface area contributed by atoms with Crippen LogP contribution in [0.4, 0.5) is 0 Å². The quantitative estimate of drug-likeness (QED) is 0.931. The van der Waals surface area contributed by atoms with Gasteiger partial charge in [0.05, 0.1) is 15.9 Å². The van der Waals surface area contributed by atoms with Crippen molar-refractivity contribution in [2.45, 2.75) is 32.9 Å². The molecule has 2 aromatic rings. The number of aliphatic hydroxyl groups excluding tert-OH is 1. The Hall–Kier alpha value is -0.780. The molecule has 0 aliphatic heterocycles. The van der Waals surface area contributed by atoms with Crippen LogP contribution in [0.2, 0.25) is 5.22 Å². The van der Waals surface area contributed by atoms with Gasteiger partial charge in [-0.25, -0.2) is 0 Å². The summed E-state index contributed by atoms with van der Waals surface area (Å²) >= 11 is 9.19. The van der Waals surface area contributed by atoms with Crippen LogP contribution in [0.25, 0.3) is 0 Å². The van der Waals surface area contributed by atoms with Gasteiger partial charge < -0.3 is 9.52 Å². The van der Waals surface area contributed by atoms with E-state index >= 15 is 0 Å². The lowest BCUT2D eigenvalue weighted by atomic mass is 10.1. The second-order valence-electron chi connectivity index (χ2n) is 4.02. The molecule has 0 spiro atoms. The van der Waals surface area contributed by atoms with Gasteiger partial charge in [0, 0.05) is 13.0 Å².